The third-order valence-corrected chi connectivity index (χ3v) is 16.1. The molecule has 0 bridgehead atoms. The van der Waals surface area contributed by atoms with Crippen molar-refractivity contribution < 1.29 is 51.0 Å². The number of halogens is 4. The number of alkyl carbamates (subject to hydrolysis) is 2. The number of ether oxygens (including phenoxy) is 3. The van der Waals surface area contributed by atoms with Crippen molar-refractivity contribution >= 4 is 34.9 Å². The number of amides is 4. The molecule has 3 aromatic heterocycles. The third kappa shape index (κ3) is 9.78. The van der Waals surface area contributed by atoms with Gasteiger partial charge in [-0.25, -0.2) is 37.1 Å². The average molecular weight is 1030 g/mol. The van der Waals surface area contributed by atoms with Crippen LogP contribution in [0.4, 0.5) is 27.2 Å². The number of carbonyl (C=O) groups excluding carboxylic acids is 4. The Hall–Kier alpha value is -7.38. The van der Waals surface area contributed by atoms with Crippen molar-refractivity contribution in [2.45, 2.75) is 119 Å². The number of nitrogens with one attached hydrogen (secondary N) is 4. The summed E-state index contributed by atoms with van der Waals surface area (Å²) in [6.45, 7) is 0.850. The molecule has 3 aromatic carbocycles. The lowest BCUT2D eigenvalue weighted by atomic mass is 9.81. The van der Waals surface area contributed by atoms with Crippen molar-refractivity contribution in [3.05, 3.63) is 102 Å². The molecule has 4 amide bonds. The van der Waals surface area contributed by atoms with Crippen molar-refractivity contribution in [2.75, 3.05) is 27.3 Å². The second-order valence-corrected chi connectivity index (χ2v) is 20.6. The van der Waals surface area contributed by atoms with Crippen molar-refractivity contribution in [2.24, 2.45) is 11.8 Å². The Kier molecular flexibility index (Phi) is 13.3. The van der Waals surface area contributed by atoms with Gasteiger partial charge in [0, 0.05) is 66.4 Å². The SMILES string of the molecule is COC(=O)N[C@H](C(=O)N1CCC[C@H]1c1ncc(-c2ccc3c(c2)O[C@@H](c2ccccc2)n2c-3cc3cc(-c4cnc([C@@H]5CCCN5C(=O)[C@@H](NC(=O)OC)C5CCC(F)(F)CC5)[nH]4)ccc32)[nH]1)C1CCC(F)(F)CC1. The zero-order chi connectivity index (χ0) is 52.2. The van der Waals surface area contributed by atoms with Gasteiger partial charge in [0.1, 0.15) is 29.5 Å². The fourth-order valence-electron chi connectivity index (χ4n) is 12.1. The summed E-state index contributed by atoms with van der Waals surface area (Å²) >= 11 is 0. The number of hydrogen-bond donors (Lipinski definition) is 4. The fraction of sp³-hybridized carbons (Fsp3) is 0.455. The van der Waals surface area contributed by atoms with Gasteiger partial charge in [0.05, 0.1) is 61.3 Å². The van der Waals surface area contributed by atoms with Crippen LogP contribution in [0.2, 0.25) is 0 Å². The van der Waals surface area contributed by atoms with Crippen LogP contribution in [-0.2, 0) is 19.1 Å². The van der Waals surface area contributed by atoms with Crippen LogP contribution in [0.25, 0.3) is 44.7 Å². The van der Waals surface area contributed by atoms with E-state index in [1.165, 1.54) is 14.2 Å². The quantitative estimate of drug-likeness (QED) is 0.0916. The Morgan fingerprint density at radius 1 is 0.667 bits per heavy atom. The number of likely N-dealkylation sites (tertiary alicyclic amines) is 2. The first kappa shape index (κ1) is 49.8. The van der Waals surface area contributed by atoms with Crippen LogP contribution >= 0.6 is 0 Å². The van der Waals surface area contributed by atoms with Crippen LogP contribution in [0.15, 0.2) is 85.2 Å². The van der Waals surface area contributed by atoms with Crippen LogP contribution in [-0.4, -0.2) is 110 Å². The highest BCUT2D eigenvalue weighted by molar-refractivity contribution is 5.93. The Morgan fingerprint density at radius 3 is 1.69 bits per heavy atom. The molecule has 6 aromatic rings. The van der Waals surface area contributed by atoms with Gasteiger partial charge < -0.3 is 49.2 Å². The van der Waals surface area contributed by atoms with E-state index in [0.717, 1.165) is 44.5 Å². The average Bonchev–Trinajstić information content (AvgIpc) is 4.30. The number of methoxy groups -OCH3 is 2. The topological polar surface area (TPSA) is 189 Å². The number of benzene rings is 3. The minimum Gasteiger partial charge on any atom is -0.465 e. The first-order valence-corrected chi connectivity index (χ1v) is 25.8. The van der Waals surface area contributed by atoms with Crippen molar-refractivity contribution in [1.82, 2.24) is 44.9 Å². The Bertz CT molecular complexity index is 3100. The van der Waals surface area contributed by atoms with Crippen molar-refractivity contribution in [1.29, 1.82) is 0 Å². The van der Waals surface area contributed by atoms with Crippen LogP contribution in [0.5, 0.6) is 5.75 Å². The van der Waals surface area contributed by atoms with Gasteiger partial charge in [-0.3, -0.25) is 9.59 Å². The number of hydrogen-bond acceptors (Lipinski definition) is 9. The normalized spacial score (nSPS) is 22.2. The van der Waals surface area contributed by atoms with Crippen LogP contribution in [0.1, 0.15) is 113 Å². The molecule has 75 heavy (non-hydrogen) atoms. The molecule has 0 radical (unpaired) electrons. The summed E-state index contributed by atoms with van der Waals surface area (Å²) in [5.41, 5.74) is 6.81. The summed E-state index contributed by atoms with van der Waals surface area (Å²) in [7, 11) is 2.41. The van der Waals surface area contributed by atoms with E-state index < -0.39 is 66.3 Å². The number of carbonyl (C=O) groups is 4. The number of alkyl halides is 4. The Morgan fingerprint density at radius 2 is 1.17 bits per heavy atom. The number of imidazole rings is 2. The standard InChI is InChI=1S/C55H59F4N9O7/c1-73-52(71)64-45(31-16-20-54(56,57)21-17-31)49(69)66-24-6-10-41(66)47-60-29-38(62-47)34-13-15-40-36(26-34)27-43-37-14-12-35(28-44(37)75-51(68(40)43)33-8-4-3-5-9-33)39-30-61-48(63-39)42-11-7-25-67(42)50(70)46(65-53(72)74-2)32-18-22-55(58,59)23-19-32/h3-5,8-9,12-15,26-32,41-42,45-46,51H,6-7,10-11,16-25H2,1-2H3,(H,60,62)(H,61,63)(H,64,71)(H,65,72)/t41-,42-,45-,46-,51-/m0/s1. The molecule has 6 heterocycles. The highest BCUT2D eigenvalue weighted by Crippen LogP contribution is 2.47. The number of nitrogens with zero attached hydrogens (tertiary/aromatic N) is 5. The molecular weight excluding hydrogens is 975 g/mol. The van der Waals surface area contributed by atoms with Gasteiger partial charge in [0.2, 0.25) is 29.9 Å². The molecule has 0 unspecified atom stereocenters. The molecule has 2 aliphatic carbocycles. The van der Waals surface area contributed by atoms with E-state index >= 15 is 0 Å². The molecule has 2 saturated carbocycles. The van der Waals surface area contributed by atoms with E-state index in [1.807, 2.05) is 54.6 Å². The molecule has 20 heteroatoms. The number of rotatable bonds is 11. The molecule has 16 nitrogen and oxygen atoms in total. The van der Waals surface area contributed by atoms with Gasteiger partial charge in [-0.05, 0) is 93.5 Å². The first-order valence-electron chi connectivity index (χ1n) is 25.8. The van der Waals surface area contributed by atoms with Gasteiger partial charge in [-0.15, -0.1) is 0 Å². The number of aromatic amines is 2. The first-order chi connectivity index (χ1) is 36.2. The van der Waals surface area contributed by atoms with E-state index in [2.05, 4.69) is 43.4 Å². The highest BCUT2D eigenvalue weighted by atomic mass is 19.3. The molecule has 0 spiro atoms. The summed E-state index contributed by atoms with van der Waals surface area (Å²) in [4.78, 5) is 73.2. The lowest BCUT2D eigenvalue weighted by molar-refractivity contribution is -0.138. The summed E-state index contributed by atoms with van der Waals surface area (Å²) in [5, 5.41) is 6.28. The lowest BCUT2D eigenvalue weighted by Gasteiger charge is -2.36. The number of aromatic nitrogens is 5. The largest absolute Gasteiger partial charge is 0.465 e. The second-order valence-electron chi connectivity index (χ2n) is 20.6. The second kappa shape index (κ2) is 20.0. The van der Waals surface area contributed by atoms with Crippen molar-refractivity contribution in [3.8, 4) is 39.5 Å². The smallest absolute Gasteiger partial charge is 0.407 e. The maximum atomic E-state index is 14.2. The van der Waals surface area contributed by atoms with Crippen LogP contribution in [0.3, 0.4) is 0 Å². The Balaban J connectivity index is 0.851. The number of fused-ring (bicyclic) bond motifs is 5. The summed E-state index contributed by atoms with van der Waals surface area (Å²) in [5.74, 6) is -5.38. The summed E-state index contributed by atoms with van der Waals surface area (Å²) in [6.07, 6.45) is 3.04. The Labute approximate surface area is 429 Å². The molecule has 4 fully saturated rings. The lowest BCUT2D eigenvalue weighted by Crippen LogP contribution is -2.53. The van der Waals surface area contributed by atoms with Crippen LogP contribution in [0, 0.1) is 11.8 Å². The number of H-pyrrole nitrogens is 2. The van der Waals surface area contributed by atoms with Crippen LogP contribution < -0.4 is 15.4 Å². The predicted octanol–water partition coefficient (Wildman–Crippen LogP) is 10.5. The molecule has 5 atom stereocenters. The van der Waals surface area contributed by atoms with Gasteiger partial charge >= 0.3 is 12.2 Å². The van der Waals surface area contributed by atoms with Crippen molar-refractivity contribution in [3.63, 3.8) is 0 Å². The predicted molar refractivity (Wildman–Crippen MR) is 268 cm³/mol. The summed E-state index contributed by atoms with van der Waals surface area (Å²) in [6, 6.07) is 21.4. The molecule has 11 rings (SSSR count). The van der Waals surface area contributed by atoms with Gasteiger partial charge in [0.15, 0.2) is 0 Å². The van der Waals surface area contributed by atoms with Gasteiger partial charge in [-0.2, -0.15) is 0 Å². The van der Waals surface area contributed by atoms with E-state index in [-0.39, 0.29) is 63.2 Å². The third-order valence-electron chi connectivity index (χ3n) is 16.1. The molecular formula is C55H59F4N9O7. The van der Waals surface area contributed by atoms with E-state index in [4.69, 9.17) is 24.2 Å². The molecule has 4 N–H and O–H groups in total. The molecule has 394 valence electrons. The molecule has 2 saturated heterocycles. The van der Waals surface area contributed by atoms with Gasteiger partial charge in [0.25, 0.3) is 0 Å². The van der Waals surface area contributed by atoms with E-state index in [1.54, 1.807) is 22.2 Å². The maximum absolute atomic E-state index is 14.2. The molecule has 5 aliphatic rings. The monoisotopic (exact) mass is 1030 g/mol. The minimum absolute atomic E-state index is 0.0998. The zero-order valence-electron chi connectivity index (χ0n) is 41.6. The van der Waals surface area contributed by atoms with E-state index in [9.17, 15) is 36.7 Å². The minimum atomic E-state index is -2.80. The maximum Gasteiger partial charge on any atom is 0.407 e. The fourth-order valence-corrected chi connectivity index (χ4v) is 12.1. The summed E-state index contributed by atoms with van der Waals surface area (Å²) < 4.78 is 75.4. The van der Waals surface area contributed by atoms with Gasteiger partial charge in [-0.1, -0.05) is 42.5 Å². The highest BCUT2D eigenvalue weighted by Gasteiger charge is 2.46. The van der Waals surface area contributed by atoms with E-state index in [0.29, 0.717) is 61.9 Å². The zero-order valence-corrected chi connectivity index (χ0v) is 41.6. The molecule has 3 aliphatic heterocycles.